The minimum absolute atomic E-state index is 0.0598. The number of benzene rings is 3. The maximum absolute atomic E-state index is 14.4. The smallest absolute Gasteiger partial charge is 0.238 e. The van der Waals surface area contributed by atoms with Crippen LogP contribution in [0.3, 0.4) is 0 Å². The zero-order valence-corrected chi connectivity index (χ0v) is 18.7. The highest BCUT2D eigenvalue weighted by Crippen LogP contribution is 2.62. The number of para-hydroxylation sites is 1. The third-order valence-corrected chi connectivity index (χ3v) is 7.39. The van der Waals surface area contributed by atoms with Crippen molar-refractivity contribution >= 4 is 17.9 Å². The summed E-state index contributed by atoms with van der Waals surface area (Å²) in [6, 6.07) is 25.9. The maximum Gasteiger partial charge on any atom is 0.238 e. The van der Waals surface area contributed by atoms with Crippen LogP contribution in [0.5, 0.6) is 5.75 Å². The van der Waals surface area contributed by atoms with Gasteiger partial charge in [0.15, 0.2) is 0 Å². The van der Waals surface area contributed by atoms with Crippen LogP contribution in [0.2, 0.25) is 0 Å². The van der Waals surface area contributed by atoms with E-state index in [9.17, 15) is 9.59 Å². The molecule has 3 aromatic rings. The Labute approximate surface area is 194 Å². The second-order valence-corrected chi connectivity index (χ2v) is 8.93. The van der Waals surface area contributed by atoms with Crippen LogP contribution < -0.4 is 9.64 Å². The Bertz CT molecular complexity index is 1190. The summed E-state index contributed by atoms with van der Waals surface area (Å²) < 4.78 is 5.34. The molecule has 1 spiro atoms. The number of hydrogen-bond acceptors (Lipinski definition) is 3. The molecule has 0 N–H and O–H groups in total. The molecule has 4 heteroatoms. The van der Waals surface area contributed by atoms with Crippen molar-refractivity contribution in [3.05, 3.63) is 108 Å². The molecular formula is C29H27NO3. The lowest BCUT2D eigenvalue weighted by atomic mass is 9.68. The van der Waals surface area contributed by atoms with Gasteiger partial charge < -0.3 is 14.4 Å². The van der Waals surface area contributed by atoms with Gasteiger partial charge in [-0.1, -0.05) is 66.7 Å². The number of methoxy groups -OCH3 is 1. The molecule has 0 unspecified atom stereocenters. The van der Waals surface area contributed by atoms with E-state index in [1.807, 2.05) is 83.8 Å². The van der Waals surface area contributed by atoms with E-state index >= 15 is 0 Å². The SMILES string of the molecule is C=C[C@H]1C[C@@]2(C(=O)N(Cc3ccccc3)c3ccccc32)[C@H](c2ccc(OC)cc2)[C@H]1C=O. The van der Waals surface area contributed by atoms with Gasteiger partial charge in [-0.05, 0) is 47.2 Å². The van der Waals surface area contributed by atoms with E-state index < -0.39 is 5.41 Å². The molecule has 0 radical (unpaired) electrons. The summed E-state index contributed by atoms with van der Waals surface area (Å²) >= 11 is 0. The quantitative estimate of drug-likeness (QED) is 0.389. The molecule has 33 heavy (non-hydrogen) atoms. The fourth-order valence-electron chi connectivity index (χ4n) is 5.92. The lowest BCUT2D eigenvalue weighted by molar-refractivity contribution is -0.124. The van der Waals surface area contributed by atoms with E-state index in [1.165, 1.54) is 0 Å². The minimum Gasteiger partial charge on any atom is -0.497 e. The Balaban J connectivity index is 1.68. The van der Waals surface area contributed by atoms with Gasteiger partial charge in [0.2, 0.25) is 5.91 Å². The van der Waals surface area contributed by atoms with E-state index in [0.29, 0.717) is 13.0 Å². The topological polar surface area (TPSA) is 46.6 Å². The molecule has 5 rings (SSSR count). The highest BCUT2D eigenvalue weighted by Gasteiger charge is 2.63. The summed E-state index contributed by atoms with van der Waals surface area (Å²) in [6.07, 6.45) is 3.43. The van der Waals surface area contributed by atoms with Crippen LogP contribution in [-0.4, -0.2) is 19.3 Å². The molecule has 1 aliphatic heterocycles. The molecule has 0 aromatic heterocycles. The van der Waals surface area contributed by atoms with Crippen molar-refractivity contribution in [2.75, 3.05) is 12.0 Å². The second kappa shape index (κ2) is 8.36. The average Bonchev–Trinajstić information content (AvgIpc) is 3.33. The van der Waals surface area contributed by atoms with Crippen LogP contribution in [0.4, 0.5) is 5.69 Å². The molecule has 3 aromatic carbocycles. The van der Waals surface area contributed by atoms with Crippen LogP contribution in [0, 0.1) is 11.8 Å². The van der Waals surface area contributed by atoms with Gasteiger partial charge >= 0.3 is 0 Å². The third-order valence-electron chi connectivity index (χ3n) is 7.39. The van der Waals surface area contributed by atoms with Gasteiger partial charge in [0.1, 0.15) is 12.0 Å². The van der Waals surface area contributed by atoms with Gasteiger partial charge in [-0.25, -0.2) is 0 Å². The number of allylic oxidation sites excluding steroid dienone is 1. The summed E-state index contributed by atoms with van der Waals surface area (Å²) in [5.74, 6) is 0.119. The Kier molecular flexibility index (Phi) is 5.37. The monoisotopic (exact) mass is 437 g/mol. The number of amides is 1. The van der Waals surface area contributed by atoms with Gasteiger partial charge in [-0.15, -0.1) is 6.58 Å². The van der Waals surface area contributed by atoms with Crippen LogP contribution in [0.25, 0.3) is 0 Å². The molecule has 4 nitrogen and oxygen atoms in total. The van der Waals surface area contributed by atoms with Crippen LogP contribution in [-0.2, 0) is 21.5 Å². The summed E-state index contributed by atoms with van der Waals surface area (Å²) in [6.45, 7) is 4.51. The second-order valence-electron chi connectivity index (χ2n) is 8.93. The number of ether oxygens (including phenoxy) is 1. The van der Waals surface area contributed by atoms with Gasteiger partial charge in [-0.2, -0.15) is 0 Å². The fourth-order valence-corrected chi connectivity index (χ4v) is 5.92. The van der Waals surface area contributed by atoms with Crippen LogP contribution >= 0.6 is 0 Å². The van der Waals surface area contributed by atoms with Crippen molar-refractivity contribution in [1.82, 2.24) is 0 Å². The first-order valence-corrected chi connectivity index (χ1v) is 11.3. The van der Waals surface area contributed by atoms with E-state index in [2.05, 4.69) is 12.6 Å². The van der Waals surface area contributed by atoms with Crippen molar-refractivity contribution < 1.29 is 14.3 Å². The molecule has 166 valence electrons. The Morgan fingerprint density at radius 3 is 2.39 bits per heavy atom. The van der Waals surface area contributed by atoms with E-state index in [1.54, 1.807) is 7.11 Å². The number of carbonyl (C=O) groups excluding carboxylic acids is 2. The highest BCUT2D eigenvalue weighted by atomic mass is 16.5. The van der Waals surface area contributed by atoms with Crippen LogP contribution in [0.1, 0.15) is 29.0 Å². The zero-order valence-electron chi connectivity index (χ0n) is 18.7. The normalized spacial score (nSPS) is 25.8. The molecule has 1 aliphatic carbocycles. The maximum atomic E-state index is 14.4. The molecule has 4 atom stereocenters. The Hall–Kier alpha value is -3.66. The first-order valence-electron chi connectivity index (χ1n) is 11.3. The summed E-state index contributed by atoms with van der Waals surface area (Å²) in [5.41, 5.74) is 3.16. The molecule has 0 saturated heterocycles. The van der Waals surface area contributed by atoms with Crippen molar-refractivity contribution in [1.29, 1.82) is 0 Å². The molecular weight excluding hydrogens is 410 g/mol. The molecule has 1 fully saturated rings. The summed E-state index contributed by atoms with van der Waals surface area (Å²) in [5, 5.41) is 0. The largest absolute Gasteiger partial charge is 0.497 e. The molecule has 2 aliphatic rings. The molecule has 0 bridgehead atoms. The van der Waals surface area contributed by atoms with Gasteiger partial charge in [0, 0.05) is 17.5 Å². The average molecular weight is 438 g/mol. The van der Waals surface area contributed by atoms with E-state index in [4.69, 9.17) is 4.74 Å². The molecule has 1 saturated carbocycles. The number of nitrogens with zero attached hydrogens (tertiary/aromatic N) is 1. The number of aldehydes is 1. The van der Waals surface area contributed by atoms with Crippen molar-refractivity contribution in [2.24, 2.45) is 11.8 Å². The number of fused-ring (bicyclic) bond motifs is 2. The number of rotatable bonds is 6. The number of anilines is 1. The Morgan fingerprint density at radius 1 is 1.03 bits per heavy atom. The van der Waals surface area contributed by atoms with E-state index in [-0.39, 0.29) is 23.7 Å². The predicted molar refractivity (Wildman–Crippen MR) is 129 cm³/mol. The summed E-state index contributed by atoms with van der Waals surface area (Å²) in [7, 11) is 1.63. The predicted octanol–water partition coefficient (Wildman–Crippen LogP) is 5.28. The number of hydrogen-bond donors (Lipinski definition) is 0. The lowest BCUT2D eigenvalue weighted by Gasteiger charge is -2.32. The van der Waals surface area contributed by atoms with Gasteiger partial charge in [0.25, 0.3) is 0 Å². The van der Waals surface area contributed by atoms with Crippen molar-refractivity contribution in [3.8, 4) is 5.75 Å². The standard InChI is InChI=1S/C29H27NO3/c1-3-21-17-29(27(24(21)19-31)22-13-15-23(33-2)16-14-22)25-11-7-8-12-26(25)30(28(29)32)18-20-9-5-4-6-10-20/h3-16,19,21,24,27H,1,17-18H2,2H3/t21-,24-,27+,29-/m0/s1. The van der Waals surface area contributed by atoms with E-state index in [0.717, 1.165) is 34.4 Å². The van der Waals surface area contributed by atoms with Crippen molar-refractivity contribution in [2.45, 2.75) is 24.3 Å². The molecule has 1 heterocycles. The zero-order chi connectivity index (χ0) is 23.0. The highest BCUT2D eigenvalue weighted by molar-refractivity contribution is 6.09. The fraction of sp³-hybridized carbons (Fsp3) is 0.241. The third kappa shape index (κ3) is 3.20. The lowest BCUT2D eigenvalue weighted by Crippen LogP contribution is -2.43. The first-order chi connectivity index (χ1) is 16.1. The van der Waals surface area contributed by atoms with Crippen LogP contribution in [0.15, 0.2) is 91.5 Å². The van der Waals surface area contributed by atoms with Gasteiger partial charge in [0.05, 0.1) is 19.1 Å². The number of carbonyl (C=O) groups is 2. The van der Waals surface area contributed by atoms with Gasteiger partial charge in [-0.3, -0.25) is 4.79 Å². The first kappa shape index (κ1) is 21.2. The summed E-state index contributed by atoms with van der Waals surface area (Å²) in [4.78, 5) is 28.7. The van der Waals surface area contributed by atoms with Crippen molar-refractivity contribution in [3.63, 3.8) is 0 Å². The molecule has 1 amide bonds. The minimum atomic E-state index is -0.815. The Morgan fingerprint density at radius 2 is 1.73 bits per heavy atom.